The highest BCUT2D eigenvalue weighted by Crippen LogP contribution is 2.40. The zero-order chi connectivity index (χ0) is 24.9. The van der Waals surface area contributed by atoms with Crippen LogP contribution in [0.5, 0.6) is 0 Å². The van der Waals surface area contributed by atoms with Gasteiger partial charge < -0.3 is 25.2 Å². The van der Waals surface area contributed by atoms with Crippen LogP contribution in [0.4, 0.5) is 10.6 Å². The van der Waals surface area contributed by atoms with E-state index in [0.29, 0.717) is 5.52 Å². The molecule has 3 rings (SSSR count). The highest BCUT2D eigenvalue weighted by Gasteiger charge is 2.51. The number of nitrogens with two attached hydrogens (primary N) is 1. The number of anilines is 1. The monoisotopic (exact) mass is 481 g/mol. The maximum absolute atomic E-state index is 13.2. The molecule has 1 amide bonds. The molecule has 0 saturated heterocycles. The standard InChI is InChI=1S/C20H35N7O5Si/c1-19(2,3)31-18(30)26(32-33(7,8)20(4,5)6)11-9-12(15(29)14(11)28)27-24-13-16(21)22-10-23-17(13)25-27/h10-12,14-15,28-29H,9H2,1-8H3,(H2,21,22,23,25)/t11-,12+,14+,15-/m0/s1. The molecule has 184 valence electrons. The molecule has 12 nitrogen and oxygen atoms in total. The van der Waals surface area contributed by atoms with Crippen LogP contribution in [0.2, 0.25) is 18.1 Å². The van der Waals surface area contributed by atoms with Crippen molar-refractivity contribution in [2.45, 2.75) is 96.0 Å². The molecule has 2 heterocycles. The Bertz CT molecular complexity index is 1020. The zero-order valence-electron chi connectivity index (χ0n) is 20.5. The summed E-state index contributed by atoms with van der Waals surface area (Å²) in [6.45, 7) is 15.4. The molecule has 1 fully saturated rings. The van der Waals surface area contributed by atoms with Crippen LogP contribution >= 0.6 is 0 Å². The number of rotatable bonds is 4. The lowest BCUT2D eigenvalue weighted by atomic mass is 10.2. The molecule has 0 spiro atoms. The molecule has 13 heteroatoms. The molecular weight excluding hydrogens is 446 g/mol. The SMILES string of the molecule is CC(C)(C)OC(=O)N(O[Si](C)(C)C(C)(C)C)[C@H]1C[C@@H](n2nc3ncnc(N)c3n2)[C@H](O)[C@@H]1O. The molecule has 1 aliphatic rings. The lowest BCUT2D eigenvalue weighted by molar-refractivity contribution is -0.132. The number of nitrogen functional groups attached to an aromatic ring is 1. The molecule has 1 saturated carbocycles. The second-order valence-corrected chi connectivity index (χ2v) is 15.7. The fourth-order valence-corrected chi connectivity index (χ4v) is 4.27. The number of amides is 1. The van der Waals surface area contributed by atoms with Gasteiger partial charge in [-0.1, -0.05) is 20.8 Å². The normalized spacial score (nSPS) is 24.3. The summed E-state index contributed by atoms with van der Waals surface area (Å²) in [5.74, 6) is 0.160. The number of aliphatic hydroxyl groups excluding tert-OH is 2. The van der Waals surface area contributed by atoms with Gasteiger partial charge in [0.05, 0.1) is 6.04 Å². The summed E-state index contributed by atoms with van der Waals surface area (Å²) in [5, 5.41) is 31.3. The molecule has 0 unspecified atom stereocenters. The first-order chi connectivity index (χ1) is 15.0. The minimum absolute atomic E-state index is 0.129. The summed E-state index contributed by atoms with van der Waals surface area (Å²) in [5.41, 5.74) is 5.65. The van der Waals surface area contributed by atoms with Gasteiger partial charge in [-0.3, -0.25) is 0 Å². The molecule has 0 aromatic carbocycles. The highest BCUT2D eigenvalue weighted by molar-refractivity contribution is 6.74. The third kappa shape index (κ3) is 5.10. The fraction of sp³-hybridized carbons (Fsp3) is 0.750. The second kappa shape index (κ2) is 8.45. The number of aromatic nitrogens is 5. The van der Waals surface area contributed by atoms with Gasteiger partial charge in [0.2, 0.25) is 14.0 Å². The van der Waals surface area contributed by atoms with Crippen molar-refractivity contribution in [3.05, 3.63) is 6.33 Å². The first-order valence-electron chi connectivity index (χ1n) is 10.9. The zero-order valence-corrected chi connectivity index (χ0v) is 21.5. The molecule has 2 aromatic heterocycles. The van der Waals surface area contributed by atoms with Gasteiger partial charge in [0.1, 0.15) is 30.2 Å². The molecule has 4 N–H and O–H groups in total. The molecular formula is C20H35N7O5Si. The number of aliphatic hydroxyl groups is 2. The van der Waals surface area contributed by atoms with Crippen molar-refractivity contribution in [3.63, 3.8) is 0 Å². The van der Waals surface area contributed by atoms with Crippen molar-refractivity contribution in [1.82, 2.24) is 30.0 Å². The van der Waals surface area contributed by atoms with E-state index in [4.69, 9.17) is 15.0 Å². The minimum atomic E-state index is -2.50. The molecule has 1 aliphatic carbocycles. The third-order valence-corrected chi connectivity index (χ3v) is 10.4. The van der Waals surface area contributed by atoms with Crippen molar-refractivity contribution >= 4 is 31.4 Å². The van der Waals surface area contributed by atoms with Gasteiger partial charge >= 0.3 is 6.09 Å². The molecule has 0 bridgehead atoms. The Morgan fingerprint density at radius 2 is 1.79 bits per heavy atom. The van der Waals surface area contributed by atoms with Crippen LogP contribution in [0.25, 0.3) is 11.2 Å². The van der Waals surface area contributed by atoms with Gasteiger partial charge in [0.25, 0.3) is 0 Å². The van der Waals surface area contributed by atoms with Crippen LogP contribution in [0, 0.1) is 0 Å². The summed E-state index contributed by atoms with van der Waals surface area (Å²) >= 11 is 0. The summed E-state index contributed by atoms with van der Waals surface area (Å²) in [7, 11) is -2.50. The van der Waals surface area contributed by atoms with Gasteiger partial charge in [-0.05, 0) is 45.3 Å². The second-order valence-electron chi connectivity index (χ2n) is 11.0. The highest BCUT2D eigenvalue weighted by atomic mass is 28.4. The largest absolute Gasteiger partial charge is 0.442 e. The maximum Gasteiger partial charge on any atom is 0.433 e. The predicted octanol–water partition coefficient (Wildman–Crippen LogP) is 2.01. The summed E-state index contributed by atoms with van der Waals surface area (Å²) < 4.78 is 11.9. The van der Waals surface area contributed by atoms with E-state index < -0.39 is 44.3 Å². The Hall–Kier alpha value is -2.35. The van der Waals surface area contributed by atoms with E-state index in [1.54, 1.807) is 20.8 Å². The minimum Gasteiger partial charge on any atom is -0.442 e. The fourth-order valence-electron chi connectivity index (χ4n) is 3.30. The van der Waals surface area contributed by atoms with Crippen LogP contribution in [0.3, 0.4) is 0 Å². The van der Waals surface area contributed by atoms with Gasteiger partial charge in [-0.15, -0.1) is 10.2 Å². The third-order valence-electron chi connectivity index (χ3n) is 6.16. The number of carbonyl (C=O) groups is 1. The number of carbonyl (C=O) groups excluding carboxylic acids is 1. The topological polar surface area (TPSA) is 162 Å². The number of fused-ring (bicyclic) bond motifs is 1. The van der Waals surface area contributed by atoms with Crippen LogP contribution in [0.15, 0.2) is 6.33 Å². The van der Waals surface area contributed by atoms with Crippen molar-refractivity contribution in [2.24, 2.45) is 0 Å². The summed E-state index contributed by atoms with van der Waals surface area (Å²) in [6, 6.07) is -1.63. The van der Waals surface area contributed by atoms with Gasteiger partial charge in [0.15, 0.2) is 11.3 Å². The number of hydroxylamine groups is 2. The molecule has 0 radical (unpaired) electrons. The van der Waals surface area contributed by atoms with Crippen LogP contribution < -0.4 is 5.73 Å². The Kier molecular flexibility index (Phi) is 6.47. The Labute approximate surface area is 194 Å². The number of hydrogen-bond donors (Lipinski definition) is 3. The Morgan fingerprint density at radius 3 is 2.33 bits per heavy atom. The van der Waals surface area contributed by atoms with Crippen molar-refractivity contribution < 1.29 is 24.3 Å². The van der Waals surface area contributed by atoms with E-state index in [9.17, 15) is 15.0 Å². The van der Waals surface area contributed by atoms with E-state index in [0.717, 1.165) is 5.06 Å². The van der Waals surface area contributed by atoms with Crippen LogP contribution in [-0.2, 0) is 9.26 Å². The smallest absolute Gasteiger partial charge is 0.433 e. The van der Waals surface area contributed by atoms with E-state index in [2.05, 4.69) is 20.2 Å². The van der Waals surface area contributed by atoms with Crippen molar-refractivity contribution in [1.29, 1.82) is 0 Å². The molecule has 33 heavy (non-hydrogen) atoms. The Morgan fingerprint density at radius 1 is 1.15 bits per heavy atom. The van der Waals surface area contributed by atoms with Gasteiger partial charge in [-0.25, -0.2) is 14.8 Å². The summed E-state index contributed by atoms with van der Waals surface area (Å²) in [4.78, 5) is 22.4. The van der Waals surface area contributed by atoms with Crippen LogP contribution in [0.1, 0.15) is 54.0 Å². The lowest BCUT2D eigenvalue weighted by Gasteiger charge is -2.42. The number of hydrogen-bond acceptors (Lipinski definition) is 10. The van der Waals surface area contributed by atoms with E-state index in [-0.39, 0.29) is 22.9 Å². The average Bonchev–Trinajstić information content (AvgIpc) is 3.20. The number of nitrogens with zero attached hydrogens (tertiary/aromatic N) is 6. The first-order valence-corrected chi connectivity index (χ1v) is 13.8. The van der Waals surface area contributed by atoms with E-state index in [1.807, 2.05) is 33.9 Å². The molecule has 0 aliphatic heterocycles. The molecule has 4 atom stereocenters. The van der Waals surface area contributed by atoms with Gasteiger partial charge in [0, 0.05) is 0 Å². The quantitative estimate of drug-likeness (QED) is 0.435. The lowest BCUT2D eigenvalue weighted by Crippen LogP contribution is -2.55. The Balaban J connectivity index is 1.95. The summed E-state index contributed by atoms with van der Waals surface area (Å²) in [6.07, 6.45) is -1.90. The average molecular weight is 482 g/mol. The first kappa shape index (κ1) is 25.3. The number of ether oxygens (including phenoxy) is 1. The van der Waals surface area contributed by atoms with Crippen LogP contribution in [-0.4, -0.2) is 78.5 Å². The van der Waals surface area contributed by atoms with Crippen molar-refractivity contribution in [2.75, 3.05) is 5.73 Å². The van der Waals surface area contributed by atoms with E-state index in [1.165, 1.54) is 11.1 Å². The molecule has 2 aromatic rings. The predicted molar refractivity (Wildman–Crippen MR) is 123 cm³/mol. The van der Waals surface area contributed by atoms with Gasteiger partial charge in [-0.2, -0.15) is 9.86 Å². The maximum atomic E-state index is 13.2. The van der Waals surface area contributed by atoms with E-state index >= 15 is 0 Å². The van der Waals surface area contributed by atoms with Crippen molar-refractivity contribution in [3.8, 4) is 0 Å².